The fourth-order valence-corrected chi connectivity index (χ4v) is 4.08. The monoisotopic (exact) mass is 310 g/mol. The maximum absolute atomic E-state index is 13.1. The molecule has 1 aromatic rings. The molecule has 0 spiro atoms. The lowest BCUT2D eigenvalue weighted by Gasteiger charge is -2.27. The molecule has 1 fully saturated rings. The molecule has 0 aromatic heterocycles. The van der Waals surface area contributed by atoms with Crippen molar-refractivity contribution < 1.29 is 4.39 Å². The van der Waals surface area contributed by atoms with Crippen LogP contribution in [0.4, 0.5) is 4.39 Å². The lowest BCUT2D eigenvalue weighted by Crippen LogP contribution is -2.34. The average Bonchev–Trinajstić information content (AvgIpc) is 3.03. The van der Waals surface area contributed by atoms with Gasteiger partial charge in [-0.2, -0.15) is 11.8 Å². The van der Waals surface area contributed by atoms with Gasteiger partial charge in [-0.05, 0) is 62.8 Å². The van der Waals surface area contributed by atoms with Crippen LogP contribution in [-0.4, -0.2) is 42.6 Å². The first kappa shape index (κ1) is 16.8. The van der Waals surface area contributed by atoms with Crippen LogP contribution in [0.3, 0.4) is 0 Å². The third-order valence-electron chi connectivity index (χ3n) is 4.21. The summed E-state index contributed by atoms with van der Waals surface area (Å²) in [5, 5.41) is 3.60. The Balaban J connectivity index is 1.90. The lowest BCUT2D eigenvalue weighted by atomic mass is 10.0. The van der Waals surface area contributed by atoms with E-state index in [-0.39, 0.29) is 5.82 Å². The number of benzene rings is 1. The van der Waals surface area contributed by atoms with Crippen molar-refractivity contribution in [1.82, 2.24) is 10.2 Å². The number of nitrogens with zero attached hydrogens (tertiary/aromatic N) is 1. The molecule has 1 aliphatic heterocycles. The van der Waals surface area contributed by atoms with Crippen molar-refractivity contribution in [3.8, 4) is 0 Å². The van der Waals surface area contributed by atoms with Crippen molar-refractivity contribution in [3.05, 3.63) is 35.6 Å². The van der Waals surface area contributed by atoms with E-state index in [2.05, 4.69) is 35.9 Å². The zero-order valence-corrected chi connectivity index (χ0v) is 14.0. The minimum Gasteiger partial charge on any atom is -0.310 e. The summed E-state index contributed by atoms with van der Waals surface area (Å²) in [4.78, 5) is 2.49. The summed E-state index contributed by atoms with van der Waals surface area (Å²) in [6.07, 6.45) is 3.50. The first-order valence-corrected chi connectivity index (χ1v) is 9.13. The van der Waals surface area contributed by atoms with Gasteiger partial charge in [-0.15, -0.1) is 0 Å². The van der Waals surface area contributed by atoms with Crippen LogP contribution in [0.5, 0.6) is 0 Å². The molecule has 2 rings (SSSR count). The van der Waals surface area contributed by atoms with E-state index in [1.165, 1.54) is 23.5 Å². The molecule has 0 aliphatic carbocycles. The quantitative estimate of drug-likeness (QED) is 0.788. The molecule has 4 heteroatoms. The van der Waals surface area contributed by atoms with Crippen LogP contribution >= 0.6 is 11.8 Å². The van der Waals surface area contributed by atoms with Gasteiger partial charge in [0.1, 0.15) is 5.82 Å². The molecular weight excluding hydrogens is 283 g/mol. The van der Waals surface area contributed by atoms with E-state index in [0.717, 1.165) is 32.0 Å². The standard InChI is InChI=1S/C17H27FN2S/c1-3-10-19-17(14-4-6-15(18)7-5-14)8-11-20(2)16-9-12-21-13-16/h4-7,16-17,19H,3,8-13H2,1-2H3. The van der Waals surface area contributed by atoms with Gasteiger partial charge in [-0.1, -0.05) is 19.1 Å². The first-order valence-electron chi connectivity index (χ1n) is 7.97. The Morgan fingerprint density at radius 1 is 1.38 bits per heavy atom. The van der Waals surface area contributed by atoms with E-state index in [1.54, 1.807) is 12.1 Å². The molecule has 2 unspecified atom stereocenters. The molecule has 118 valence electrons. The Morgan fingerprint density at radius 3 is 2.76 bits per heavy atom. The molecule has 1 heterocycles. The van der Waals surface area contributed by atoms with Gasteiger partial charge in [0.05, 0.1) is 0 Å². The summed E-state index contributed by atoms with van der Waals surface area (Å²) in [7, 11) is 2.23. The van der Waals surface area contributed by atoms with Crippen LogP contribution in [0.15, 0.2) is 24.3 Å². The van der Waals surface area contributed by atoms with E-state index >= 15 is 0 Å². The molecule has 1 aliphatic rings. The zero-order valence-electron chi connectivity index (χ0n) is 13.1. The topological polar surface area (TPSA) is 15.3 Å². The molecular formula is C17H27FN2S. The largest absolute Gasteiger partial charge is 0.310 e. The molecule has 1 aromatic carbocycles. The highest BCUT2D eigenvalue weighted by Crippen LogP contribution is 2.23. The van der Waals surface area contributed by atoms with Crippen molar-refractivity contribution in [1.29, 1.82) is 0 Å². The Kier molecular flexibility index (Phi) is 7.00. The van der Waals surface area contributed by atoms with Gasteiger partial charge < -0.3 is 10.2 Å². The van der Waals surface area contributed by atoms with E-state index < -0.39 is 0 Å². The smallest absolute Gasteiger partial charge is 0.123 e. The van der Waals surface area contributed by atoms with E-state index in [9.17, 15) is 4.39 Å². The Morgan fingerprint density at radius 2 is 2.14 bits per heavy atom. The maximum atomic E-state index is 13.1. The molecule has 0 saturated carbocycles. The third kappa shape index (κ3) is 5.28. The summed E-state index contributed by atoms with van der Waals surface area (Å²) >= 11 is 2.06. The number of rotatable bonds is 8. The fraction of sp³-hybridized carbons (Fsp3) is 0.647. The van der Waals surface area contributed by atoms with Crippen molar-refractivity contribution in [2.24, 2.45) is 0 Å². The second kappa shape index (κ2) is 8.76. The summed E-state index contributed by atoms with van der Waals surface area (Å²) in [6, 6.07) is 8.00. The second-order valence-corrected chi connectivity index (χ2v) is 6.99. The number of halogens is 1. The molecule has 0 bridgehead atoms. The minimum absolute atomic E-state index is 0.159. The maximum Gasteiger partial charge on any atom is 0.123 e. The Bertz CT molecular complexity index is 404. The number of thioether (sulfide) groups is 1. The van der Waals surface area contributed by atoms with Crippen LogP contribution in [0.2, 0.25) is 0 Å². The average molecular weight is 310 g/mol. The van der Waals surface area contributed by atoms with Gasteiger partial charge in [-0.3, -0.25) is 0 Å². The van der Waals surface area contributed by atoms with Gasteiger partial charge in [0.15, 0.2) is 0 Å². The highest BCUT2D eigenvalue weighted by atomic mass is 32.2. The van der Waals surface area contributed by atoms with Crippen molar-refractivity contribution in [2.45, 2.75) is 38.3 Å². The number of hydrogen-bond donors (Lipinski definition) is 1. The third-order valence-corrected chi connectivity index (χ3v) is 5.36. The first-order chi connectivity index (χ1) is 10.2. The highest BCUT2D eigenvalue weighted by molar-refractivity contribution is 7.99. The zero-order chi connectivity index (χ0) is 15.1. The summed E-state index contributed by atoms with van der Waals surface area (Å²) < 4.78 is 13.1. The van der Waals surface area contributed by atoms with Crippen molar-refractivity contribution in [3.63, 3.8) is 0 Å². The lowest BCUT2D eigenvalue weighted by molar-refractivity contribution is 0.246. The Hall–Kier alpha value is -0.580. The second-order valence-electron chi connectivity index (χ2n) is 5.84. The summed E-state index contributed by atoms with van der Waals surface area (Å²) in [6.45, 7) is 4.27. The highest BCUT2D eigenvalue weighted by Gasteiger charge is 2.21. The summed E-state index contributed by atoms with van der Waals surface area (Å²) in [5.41, 5.74) is 1.19. The summed E-state index contributed by atoms with van der Waals surface area (Å²) in [5.74, 6) is 2.40. The van der Waals surface area contributed by atoms with Gasteiger partial charge in [0.2, 0.25) is 0 Å². The van der Waals surface area contributed by atoms with Crippen molar-refractivity contribution in [2.75, 3.05) is 31.6 Å². The van der Waals surface area contributed by atoms with Gasteiger partial charge >= 0.3 is 0 Å². The van der Waals surface area contributed by atoms with E-state index in [1.807, 2.05) is 12.1 Å². The molecule has 0 radical (unpaired) electrons. The van der Waals surface area contributed by atoms with Crippen LogP contribution in [-0.2, 0) is 0 Å². The predicted molar refractivity (Wildman–Crippen MR) is 90.4 cm³/mol. The predicted octanol–water partition coefficient (Wildman–Crippen LogP) is 3.69. The number of hydrogen-bond acceptors (Lipinski definition) is 3. The van der Waals surface area contributed by atoms with Crippen LogP contribution < -0.4 is 5.32 Å². The number of nitrogens with one attached hydrogen (secondary N) is 1. The van der Waals surface area contributed by atoms with Crippen LogP contribution in [0, 0.1) is 5.82 Å². The van der Waals surface area contributed by atoms with E-state index in [4.69, 9.17) is 0 Å². The van der Waals surface area contributed by atoms with Gasteiger partial charge in [0, 0.05) is 17.8 Å². The molecule has 0 amide bonds. The molecule has 2 atom stereocenters. The van der Waals surface area contributed by atoms with E-state index in [0.29, 0.717) is 6.04 Å². The Labute approximate surface area is 132 Å². The fourth-order valence-electron chi connectivity index (χ4n) is 2.79. The van der Waals surface area contributed by atoms with Gasteiger partial charge in [-0.25, -0.2) is 4.39 Å². The van der Waals surface area contributed by atoms with Crippen molar-refractivity contribution >= 4 is 11.8 Å². The van der Waals surface area contributed by atoms with Crippen LogP contribution in [0.25, 0.3) is 0 Å². The normalized spacial score (nSPS) is 20.1. The molecule has 1 N–H and O–H groups in total. The molecule has 2 nitrogen and oxygen atoms in total. The van der Waals surface area contributed by atoms with Crippen LogP contribution in [0.1, 0.15) is 37.8 Å². The SMILES string of the molecule is CCCNC(CCN(C)C1CCSC1)c1ccc(F)cc1. The molecule has 21 heavy (non-hydrogen) atoms. The molecule has 1 saturated heterocycles. The van der Waals surface area contributed by atoms with Gasteiger partial charge in [0.25, 0.3) is 0 Å². The minimum atomic E-state index is -0.159.